The normalized spacial score (nSPS) is 12.5. The lowest BCUT2D eigenvalue weighted by Gasteiger charge is -2.37. The quantitative estimate of drug-likeness (QED) is 0.224. The van der Waals surface area contributed by atoms with Gasteiger partial charge in [0.25, 0.3) is 0 Å². The summed E-state index contributed by atoms with van der Waals surface area (Å²) in [5.74, 6) is 0.470. The third kappa shape index (κ3) is 5.76. The van der Waals surface area contributed by atoms with Gasteiger partial charge in [0.05, 0.1) is 0 Å². The molecule has 0 aliphatic heterocycles. The molecule has 0 saturated heterocycles. The Morgan fingerprint density at radius 3 is 1.76 bits per heavy atom. The monoisotopic (exact) mass is 540 g/mol. The van der Waals surface area contributed by atoms with Crippen LogP contribution in [0.15, 0.2) is 91.0 Å². The Morgan fingerprint density at radius 2 is 1.26 bits per heavy atom. The van der Waals surface area contributed by atoms with E-state index in [1.54, 1.807) is 0 Å². The van der Waals surface area contributed by atoms with Crippen LogP contribution < -0.4 is 21.2 Å². The summed E-state index contributed by atoms with van der Waals surface area (Å²) in [6.45, 7) is 15.7. The van der Waals surface area contributed by atoms with Crippen molar-refractivity contribution < 1.29 is 5.11 Å². The van der Waals surface area contributed by atoms with Crippen LogP contribution >= 0.6 is 16.5 Å². The summed E-state index contributed by atoms with van der Waals surface area (Å²) in [6, 6.07) is 33.3. The molecule has 0 amide bonds. The van der Waals surface area contributed by atoms with Gasteiger partial charge in [-0.15, -0.1) is 0 Å². The predicted octanol–water partition coefficient (Wildman–Crippen LogP) is 8.08. The van der Waals surface area contributed by atoms with Gasteiger partial charge >= 0.3 is 0 Å². The average molecular weight is 541 g/mol. The summed E-state index contributed by atoms with van der Waals surface area (Å²) in [6.07, 6.45) is 1.95. The van der Waals surface area contributed by atoms with E-state index in [2.05, 4.69) is 139 Å². The van der Waals surface area contributed by atoms with Crippen LogP contribution in [0.1, 0.15) is 69.7 Å². The molecule has 0 heterocycles. The maximum absolute atomic E-state index is 11.5. The van der Waals surface area contributed by atoms with Gasteiger partial charge in [-0.25, -0.2) is 0 Å². The van der Waals surface area contributed by atoms with Gasteiger partial charge < -0.3 is 5.11 Å². The van der Waals surface area contributed by atoms with Gasteiger partial charge in [0.1, 0.15) is 5.75 Å². The molecule has 1 unspecified atom stereocenters. The molecule has 0 saturated carbocycles. The van der Waals surface area contributed by atoms with Gasteiger partial charge in [-0.1, -0.05) is 134 Å². The molecule has 0 bridgehead atoms. The highest BCUT2D eigenvalue weighted by Gasteiger charge is 2.35. The molecule has 38 heavy (non-hydrogen) atoms. The van der Waals surface area contributed by atoms with Crippen LogP contribution in [0, 0.1) is 13.8 Å². The zero-order valence-corrected chi connectivity index (χ0v) is 25.9. The Morgan fingerprint density at radius 1 is 0.711 bits per heavy atom. The Labute approximate surface area is 233 Å². The summed E-state index contributed by atoms with van der Waals surface area (Å²) in [5, 5.41) is 17.0. The van der Waals surface area contributed by atoms with Crippen LogP contribution in [0.5, 0.6) is 5.75 Å². The molecule has 1 N–H and O–H groups in total. The van der Waals surface area contributed by atoms with E-state index in [1.165, 1.54) is 32.3 Å². The predicted molar refractivity (Wildman–Crippen MR) is 172 cm³/mol. The van der Waals surface area contributed by atoms with E-state index >= 15 is 0 Å². The highest BCUT2D eigenvalue weighted by atomic mass is 31.1. The average Bonchev–Trinajstić information content (AvgIpc) is 2.91. The first kappa shape index (κ1) is 28.5. The molecular formula is C35H42OP2. The highest BCUT2D eigenvalue weighted by Crippen LogP contribution is 2.52. The summed E-state index contributed by atoms with van der Waals surface area (Å²) >= 11 is 0. The lowest BCUT2D eigenvalue weighted by Crippen LogP contribution is -2.33. The standard InChI is InChI=1S/C35H42OP2/c1-8-35(9-2,30-24-27(34(5,6)7)23-26(4)32(30)36)37-33-25(3)17-16-22-31(33)38(28-18-12-10-13-19-28)29-20-14-11-15-21-29/h10-24,36-37H,8-9H2,1-7H3. The van der Waals surface area contributed by atoms with Crippen molar-refractivity contribution in [1.29, 1.82) is 0 Å². The Kier molecular flexibility index (Phi) is 8.82. The molecule has 0 fully saturated rings. The topological polar surface area (TPSA) is 20.2 Å². The van der Waals surface area contributed by atoms with Crippen molar-refractivity contribution in [2.45, 2.75) is 71.9 Å². The second kappa shape index (κ2) is 11.7. The lowest BCUT2D eigenvalue weighted by molar-refractivity contribution is 0.442. The molecule has 0 aromatic heterocycles. The van der Waals surface area contributed by atoms with Crippen molar-refractivity contribution in [1.82, 2.24) is 0 Å². The zero-order valence-electron chi connectivity index (χ0n) is 24.0. The summed E-state index contributed by atoms with van der Waals surface area (Å²) in [4.78, 5) is 0. The number of phenolic OH excluding ortho intramolecular Hbond substituents is 1. The van der Waals surface area contributed by atoms with Crippen molar-refractivity contribution in [3.8, 4) is 5.75 Å². The number of phenols is 1. The number of rotatable bonds is 8. The molecule has 4 aromatic carbocycles. The van der Waals surface area contributed by atoms with Crippen molar-refractivity contribution in [3.63, 3.8) is 0 Å². The van der Waals surface area contributed by atoms with Crippen LogP contribution in [-0.2, 0) is 10.6 Å². The zero-order chi connectivity index (χ0) is 27.5. The van der Waals surface area contributed by atoms with Crippen molar-refractivity contribution in [2.24, 2.45) is 0 Å². The first-order valence-corrected chi connectivity index (χ1v) is 16.1. The van der Waals surface area contributed by atoms with Gasteiger partial charge in [-0.2, -0.15) is 0 Å². The van der Waals surface area contributed by atoms with E-state index in [0.29, 0.717) is 14.3 Å². The van der Waals surface area contributed by atoms with Crippen LogP contribution in [0.25, 0.3) is 0 Å². The van der Waals surface area contributed by atoms with E-state index in [1.807, 2.05) is 0 Å². The van der Waals surface area contributed by atoms with Crippen molar-refractivity contribution >= 4 is 37.7 Å². The number of benzene rings is 4. The van der Waals surface area contributed by atoms with Gasteiger partial charge in [0, 0.05) is 10.7 Å². The minimum atomic E-state index is -0.709. The number of aromatic hydroxyl groups is 1. The molecule has 0 aliphatic rings. The molecule has 198 valence electrons. The second-order valence-corrected chi connectivity index (χ2v) is 15.2. The van der Waals surface area contributed by atoms with Crippen LogP contribution in [0.4, 0.5) is 0 Å². The molecule has 0 aliphatic carbocycles. The summed E-state index contributed by atoms with van der Waals surface area (Å²) < 4.78 is 0. The smallest absolute Gasteiger partial charge is 0.122 e. The van der Waals surface area contributed by atoms with Gasteiger partial charge in [0.2, 0.25) is 0 Å². The number of hydrogen-bond acceptors (Lipinski definition) is 1. The van der Waals surface area contributed by atoms with Crippen LogP contribution in [-0.4, -0.2) is 5.11 Å². The second-order valence-electron chi connectivity index (χ2n) is 11.3. The van der Waals surface area contributed by atoms with Crippen molar-refractivity contribution in [2.75, 3.05) is 0 Å². The third-order valence-corrected chi connectivity index (χ3v) is 12.8. The minimum Gasteiger partial charge on any atom is -0.507 e. The first-order valence-electron chi connectivity index (χ1n) is 13.7. The molecule has 3 heteroatoms. The number of hydrogen-bond donors (Lipinski definition) is 1. The van der Waals surface area contributed by atoms with Crippen molar-refractivity contribution in [3.05, 3.63) is 113 Å². The molecule has 0 radical (unpaired) electrons. The van der Waals surface area contributed by atoms with E-state index in [0.717, 1.165) is 24.0 Å². The minimum absolute atomic E-state index is 0.0201. The fraction of sp³-hybridized carbons (Fsp3) is 0.314. The lowest BCUT2D eigenvalue weighted by atomic mass is 9.81. The SMILES string of the molecule is CCC(CC)(Pc1c(C)cccc1P(c1ccccc1)c1ccccc1)c1cc(C(C)(C)C)cc(C)c1O. The molecule has 1 atom stereocenters. The molecule has 0 spiro atoms. The molecule has 4 aromatic rings. The first-order chi connectivity index (χ1) is 18.1. The third-order valence-electron chi connectivity index (χ3n) is 7.77. The largest absolute Gasteiger partial charge is 0.507 e. The van der Waals surface area contributed by atoms with E-state index in [9.17, 15) is 5.11 Å². The maximum Gasteiger partial charge on any atom is 0.122 e. The van der Waals surface area contributed by atoms with Gasteiger partial charge in [-0.05, 0) is 77.9 Å². The maximum atomic E-state index is 11.5. The molecular weight excluding hydrogens is 498 g/mol. The van der Waals surface area contributed by atoms with E-state index in [4.69, 9.17) is 0 Å². The van der Waals surface area contributed by atoms with Gasteiger partial charge in [-0.3, -0.25) is 0 Å². The molecule has 4 rings (SSSR count). The fourth-order valence-corrected chi connectivity index (χ4v) is 9.86. The molecule has 1 nitrogen and oxygen atoms in total. The van der Waals surface area contributed by atoms with Crippen LogP contribution in [0.2, 0.25) is 0 Å². The summed E-state index contributed by atoms with van der Waals surface area (Å²) in [5.41, 5.74) is 4.74. The van der Waals surface area contributed by atoms with E-state index < -0.39 is 7.92 Å². The van der Waals surface area contributed by atoms with Gasteiger partial charge in [0.15, 0.2) is 0 Å². The Hall–Kier alpha value is -2.46. The fourth-order valence-electron chi connectivity index (χ4n) is 5.27. The number of aryl methyl sites for hydroxylation is 2. The van der Waals surface area contributed by atoms with Crippen LogP contribution in [0.3, 0.4) is 0 Å². The summed E-state index contributed by atoms with van der Waals surface area (Å²) in [7, 11) is -0.157. The Bertz CT molecular complexity index is 1330. The van der Waals surface area contributed by atoms with E-state index in [-0.39, 0.29) is 10.6 Å². The highest BCUT2D eigenvalue weighted by molar-refractivity contribution is 7.81. The Balaban J connectivity index is 1.93.